The molecule has 0 saturated carbocycles. The SMILES string of the molecule is Cc1cc(C(=O)CN2C(=O)N[C@]3(CCc4ccccc43)C2=O)c(C)n1C. The number of imide groups is 1. The number of ketones is 1. The van der Waals surface area contributed by atoms with Crippen molar-refractivity contribution < 1.29 is 14.4 Å². The van der Waals surface area contributed by atoms with Crippen LogP contribution in [0.1, 0.15) is 39.3 Å². The van der Waals surface area contributed by atoms with Crippen LogP contribution in [-0.4, -0.2) is 33.7 Å². The minimum absolute atomic E-state index is 0.224. The van der Waals surface area contributed by atoms with E-state index in [1.807, 2.05) is 49.7 Å². The highest BCUT2D eigenvalue weighted by molar-refractivity contribution is 6.12. The van der Waals surface area contributed by atoms with Crippen molar-refractivity contribution in [1.82, 2.24) is 14.8 Å². The second kappa shape index (κ2) is 5.56. The number of hydrogen-bond donors (Lipinski definition) is 1. The van der Waals surface area contributed by atoms with Crippen molar-refractivity contribution >= 4 is 17.7 Å². The average molecular weight is 351 g/mol. The van der Waals surface area contributed by atoms with E-state index in [-0.39, 0.29) is 18.2 Å². The summed E-state index contributed by atoms with van der Waals surface area (Å²) in [6.45, 7) is 3.54. The maximum atomic E-state index is 13.1. The summed E-state index contributed by atoms with van der Waals surface area (Å²) >= 11 is 0. The number of nitrogens with one attached hydrogen (secondary N) is 1. The average Bonchev–Trinajstić information content (AvgIpc) is 3.20. The number of aromatic nitrogens is 1. The lowest BCUT2D eigenvalue weighted by Crippen LogP contribution is -2.42. The molecule has 1 aliphatic heterocycles. The number of hydrogen-bond acceptors (Lipinski definition) is 3. The second-order valence-corrected chi connectivity index (χ2v) is 7.15. The third-order valence-corrected chi connectivity index (χ3v) is 5.80. The second-order valence-electron chi connectivity index (χ2n) is 7.15. The first-order valence-corrected chi connectivity index (χ1v) is 8.74. The quantitative estimate of drug-likeness (QED) is 0.681. The number of fused-ring (bicyclic) bond motifs is 2. The predicted octanol–water partition coefficient (Wildman–Crippen LogP) is 2.22. The third-order valence-electron chi connectivity index (χ3n) is 5.80. The van der Waals surface area contributed by atoms with Gasteiger partial charge in [-0.3, -0.25) is 14.5 Å². The van der Waals surface area contributed by atoms with E-state index in [0.717, 1.165) is 33.8 Å². The highest BCUT2D eigenvalue weighted by Crippen LogP contribution is 2.41. The van der Waals surface area contributed by atoms with Crippen LogP contribution in [0.2, 0.25) is 0 Å². The Labute approximate surface area is 151 Å². The first-order chi connectivity index (χ1) is 12.3. The topological polar surface area (TPSA) is 71.4 Å². The number of nitrogens with zero attached hydrogens (tertiary/aromatic N) is 2. The van der Waals surface area contributed by atoms with Crippen molar-refractivity contribution in [3.8, 4) is 0 Å². The zero-order chi connectivity index (χ0) is 18.6. The number of rotatable bonds is 3. The van der Waals surface area contributed by atoms with Gasteiger partial charge in [0.2, 0.25) is 0 Å². The minimum Gasteiger partial charge on any atom is -0.351 e. The molecular weight excluding hydrogens is 330 g/mol. The van der Waals surface area contributed by atoms with Gasteiger partial charge in [0, 0.05) is 24.0 Å². The summed E-state index contributed by atoms with van der Waals surface area (Å²) in [5.41, 5.74) is 3.25. The molecule has 1 fully saturated rings. The van der Waals surface area contributed by atoms with Crippen LogP contribution in [-0.2, 0) is 23.8 Å². The summed E-state index contributed by atoms with van der Waals surface area (Å²) in [5.74, 6) is -0.552. The summed E-state index contributed by atoms with van der Waals surface area (Å²) in [4.78, 5) is 39.4. The molecular formula is C20H21N3O3. The maximum absolute atomic E-state index is 13.1. The maximum Gasteiger partial charge on any atom is 0.325 e. The fourth-order valence-electron chi connectivity index (χ4n) is 4.10. The number of carbonyl (C=O) groups excluding carboxylic acids is 3. The Hall–Kier alpha value is -2.89. The standard InChI is InChI=1S/C20H21N3O3/c1-12-10-15(13(2)22(12)3)17(24)11-23-18(25)20(21-19(23)26)9-8-14-6-4-5-7-16(14)20/h4-7,10H,8-9,11H2,1-3H3,(H,21,26)/t20-/m0/s1. The molecule has 1 saturated heterocycles. The molecule has 0 bridgehead atoms. The molecule has 1 aromatic carbocycles. The lowest BCUT2D eigenvalue weighted by atomic mass is 9.92. The summed E-state index contributed by atoms with van der Waals surface area (Å²) < 4.78 is 1.92. The Morgan fingerprint density at radius 3 is 2.65 bits per heavy atom. The number of urea groups is 1. The van der Waals surface area contributed by atoms with Crippen molar-refractivity contribution in [2.24, 2.45) is 7.05 Å². The first-order valence-electron chi connectivity index (χ1n) is 8.74. The van der Waals surface area contributed by atoms with Crippen LogP contribution in [0.25, 0.3) is 0 Å². The van der Waals surface area contributed by atoms with Gasteiger partial charge in [-0.2, -0.15) is 0 Å². The van der Waals surface area contributed by atoms with Crippen LogP contribution in [0, 0.1) is 13.8 Å². The number of carbonyl (C=O) groups is 3. The van der Waals surface area contributed by atoms with Gasteiger partial charge in [0.05, 0.1) is 6.54 Å². The smallest absolute Gasteiger partial charge is 0.325 e. The van der Waals surface area contributed by atoms with Crippen molar-refractivity contribution in [3.05, 3.63) is 58.4 Å². The predicted molar refractivity (Wildman–Crippen MR) is 95.9 cm³/mol. The van der Waals surface area contributed by atoms with Crippen LogP contribution >= 0.6 is 0 Å². The highest BCUT2D eigenvalue weighted by atomic mass is 16.2. The van der Waals surface area contributed by atoms with Gasteiger partial charge >= 0.3 is 6.03 Å². The van der Waals surface area contributed by atoms with E-state index >= 15 is 0 Å². The Kier molecular flexibility index (Phi) is 3.54. The third kappa shape index (κ3) is 2.14. The van der Waals surface area contributed by atoms with Crippen LogP contribution in [0.3, 0.4) is 0 Å². The summed E-state index contributed by atoms with van der Waals surface area (Å²) in [6.07, 6.45) is 1.27. The lowest BCUT2D eigenvalue weighted by molar-refractivity contribution is -0.131. The Balaban J connectivity index is 1.63. The molecule has 2 aliphatic rings. The number of aryl methyl sites for hydroxylation is 2. The Bertz CT molecular complexity index is 959. The van der Waals surface area contributed by atoms with Crippen molar-refractivity contribution in [3.63, 3.8) is 0 Å². The highest BCUT2D eigenvalue weighted by Gasteiger charge is 2.55. The van der Waals surface area contributed by atoms with Gasteiger partial charge in [-0.15, -0.1) is 0 Å². The molecule has 0 radical (unpaired) electrons. The van der Waals surface area contributed by atoms with Gasteiger partial charge in [0.25, 0.3) is 5.91 Å². The fourth-order valence-corrected chi connectivity index (χ4v) is 4.10. The molecule has 6 nitrogen and oxygen atoms in total. The molecule has 134 valence electrons. The van der Waals surface area contributed by atoms with E-state index in [2.05, 4.69) is 5.32 Å². The van der Waals surface area contributed by atoms with Gasteiger partial charge in [0.1, 0.15) is 5.54 Å². The zero-order valence-electron chi connectivity index (χ0n) is 15.1. The van der Waals surface area contributed by atoms with Crippen LogP contribution in [0.5, 0.6) is 0 Å². The number of Topliss-reactive ketones (excluding diaryl/α,β-unsaturated/α-hetero) is 1. The molecule has 1 N–H and O–H groups in total. The minimum atomic E-state index is -1.02. The first kappa shape index (κ1) is 16.6. The van der Waals surface area contributed by atoms with Gasteiger partial charge in [-0.1, -0.05) is 24.3 Å². The molecule has 1 atom stereocenters. The van der Waals surface area contributed by atoms with E-state index < -0.39 is 11.6 Å². The molecule has 4 rings (SSSR count). The van der Waals surface area contributed by atoms with Crippen LogP contribution in [0.15, 0.2) is 30.3 Å². The molecule has 0 unspecified atom stereocenters. The van der Waals surface area contributed by atoms with Gasteiger partial charge in [-0.25, -0.2) is 4.79 Å². The van der Waals surface area contributed by atoms with E-state index in [1.54, 1.807) is 6.07 Å². The molecule has 3 amide bonds. The summed E-state index contributed by atoms with van der Waals surface area (Å²) in [5, 5.41) is 2.85. The van der Waals surface area contributed by atoms with E-state index in [9.17, 15) is 14.4 Å². The molecule has 2 aromatic rings. The number of benzene rings is 1. The van der Waals surface area contributed by atoms with E-state index in [0.29, 0.717) is 12.0 Å². The molecule has 1 aromatic heterocycles. The Morgan fingerprint density at radius 2 is 1.96 bits per heavy atom. The van der Waals surface area contributed by atoms with Crippen LogP contribution < -0.4 is 5.32 Å². The largest absolute Gasteiger partial charge is 0.351 e. The fraction of sp³-hybridized carbons (Fsp3) is 0.350. The molecule has 2 heterocycles. The van der Waals surface area contributed by atoms with Gasteiger partial charge in [-0.05, 0) is 43.9 Å². The van der Waals surface area contributed by atoms with Gasteiger partial charge < -0.3 is 9.88 Å². The molecule has 6 heteroatoms. The van der Waals surface area contributed by atoms with Gasteiger partial charge in [0.15, 0.2) is 5.78 Å². The molecule has 26 heavy (non-hydrogen) atoms. The zero-order valence-corrected chi connectivity index (χ0v) is 15.1. The summed E-state index contributed by atoms with van der Waals surface area (Å²) in [6, 6.07) is 8.97. The number of amides is 3. The lowest BCUT2D eigenvalue weighted by Gasteiger charge is -2.22. The Morgan fingerprint density at radius 1 is 1.23 bits per heavy atom. The monoisotopic (exact) mass is 351 g/mol. The van der Waals surface area contributed by atoms with Crippen molar-refractivity contribution in [1.29, 1.82) is 0 Å². The van der Waals surface area contributed by atoms with Crippen molar-refractivity contribution in [2.75, 3.05) is 6.54 Å². The van der Waals surface area contributed by atoms with E-state index in [4.69, 9.17) is 0 Å². The van der Waals surface area contributed by atoms with Crippen LogP contribution in [0.4, 0.5) is 4.79 Å². The normalized spacial score (nSPS) is 21.4. The molecule has 1 aliphatic carbocycles. The van der Waals surface area contributed by atoms with E-state index in [1.165, 1.54) is 0 Å². The van der Waals surface area contributed by atoms with Crippen molar-refractivity contribution in [2.45, 2.75) is 32.2 Å². The summed E-state index contributed by atoms with van der Waals surface area (Å²) in [7, 11) is 1.89. The molecule has 1 spiro atoms.